The monoisotopic (exact) mass is 481 g/mol. The molecule has 0 aliphatic heterocycles. The van der Waals surface area contributed by atoms with E-state index in [4.69, 9.17) is 9.47 Å². The van der Waals surface area contributed by atoms with Crippen LogP contribution in [0, 0.1) is 6.92 Å². The normalized spacial score (nSPS) is 11.9. The minimum absolute atomic E-state index is 0.423. The van der Waals surface area contributed by atoms with Crippen molar-refractivity contribution in [3.8, 4) is 11.5 Å². The van der Waals surface area contributed by atoms with Gasteiger partial charge in [0.05, 0.1) is 11.1 Å². The van der Waals surface area contributed by atoms with E-state index >= 15 is 0 Å². The summed E-state index contributed by atoms with van der Waals surface area (Å²) < 4.78 is 12.9. The Morgan fingerprint density at radius 3 is 2.35 bits per heavy atom. The van der Waals surface area contributed by atoms with Crippen LogP contribution in [0.5, 0.6) is 11.5 Å². The molecule has 1 atom stereocenters. The molecule has 0 radical (unpaired) electrons. The molecule has 1 N–H and O–H groups in total. The van der Waals surface area contributed by atoms with Gasteiger partial charge in [0.25, 0.3) is 0 Å². The lowest BCUT2D eigenvalue weighted by molar-refractivity contribution is 0.267. The van der Waals surface area contributed by atoms with Gasteiger partial charge in [-0.15, -0.1) is 0 Å². The van der Waals surface area contributed by atoms with Gasteiger partial charge in [0, 0.05) is 12.6 Å². The van der Waals surface area contributed by atoms with Gasteiger partial charge in [-0.05, 0) is 78.4 Å². The number of benzene rings is 3. The smallest absolute Gasteiger partial charge is 0.175 e. The first-order valence-electron chi connectivity index (χ1n) is 11.0. The summed E-state index contributed by atoms with van der Waals surface area (Å²) in [7, 11) is 0. The summed E-state index contributed by atoms with van der Waals surface area (Å²) in [5.74, 6) is 1.53. The van der Waals surface area contributed by atoms with Crippen LogP contribution >= 0.6 is 15.9 Å². The Balaban J connectivity index is 1.60. The van der Waals surface area contributed by atoms with E-state index in [2.05, 4.69) is 102 Å². The first-order chi connectivity index (χ1) is 15.0. The fraction of sp³-hybridized carbons (Fsp3) is 0.333. The fourth-order valence-corrected chi connectivity index (χ4v) is 3.99. The van der Waals surface area contributed by atoms with Crippen molar-refractivity contribution in [1.82, 2.24) is 5.32 Å². The second kappa shape index (κ2) is 11.9. The van der Waals surface area contributed by atoms with Crippen molar-refractivity contribution >= 4 is 15.9 Å². The molecule has 0 fully saturated rings. The van der Waals surface area contributed by atoms with E-state index < -0.39 is 0 Å². The maximum atomic E-state index is 6.12. The van der Waals surface area contributed by atoms with Crippen molar-refractivity contribution in [2.75, 3.05) is 6.61 Å². The first kappa shape index (κ1) is 23.4. The van der Waals surface area contributed by atoms with Crippen molar-refractivity contribution in [3.63, 3.8) is 0 Å². The Kier molecular flexibility index (Phi) is 8.98. The Labute approximate surface area is 194 Å². The lowest BCUT2D eigenvalue weighted by Gasteiger charge is -2.18. The minimum Gasteiger partial charge on any atom is -0.490 e. The SMILES string of the molecule is CCOc1cc(CN[C@H](C)CCc2ccccc2)cc(Br)c1OCc1ccc(C)cc1. The van der Waals surface area contributed by atoms with Crippen LogP contribution in [0.2, 0.25) is 0 Å². The maximum Gasteiger partial charge on any atom is 0.175 e. The molecule has 0 saturated carbocycles. The first-order valence-corrected chi connectivity index (χ1v) is 11.7. The molecule has 0 saturated heterocycles. The predicted octanol–water partition coefficient (Wildman–Crippen LogP) is 6.85. The summed E-state index contributed by atoms with van der Waals surface area (Å²) in [5, 5.41) is 3.63. The summed E-state index contributed by atoms with van der Waals surface area (Å²) in [6, 6.07) is 23.7. The van der Waals surface area contributed by atoms with Gasteiger partial charge in [-0.1, -0.05) is 60.2 Å². The summed E-state index contributed by atoms with van der Waals surface area (Å²) >= 11 is 3.69. The van der Waals surface area contributed by atoms with Crippen LogP contribution in [0.15, 0.2) is 71.2 Å². The second-order valence-corrected chi connectivity index (χ2v) is 8.77. The van der Waals surface area contributed by atoms with Crippen molar-refractivity contribution in [2.24, 2.45) is 0 Å². The highest BCUT2D eigenvalue weighted by molar-refractivity contribution is 9.10. The highest BCUT2D eigenvalue weighted by Gasteiger charge is 2.13. The molecule has 164 valence electrons. The minimum atomic E-state index is 0.423. The molecule has 3 rings (SSSR count). The quantitative estimate of drug-likeness (QED) is 0.324. The second-order valence-electron chi connectivity index (χ2n) is 7.92. The number of halogens is 1. The van der Waals surface area contributed by atoms with E-state index in [0.29, 0.717) is 19.3 Å². The topological polar surface area (TPSA) is 30.5 Å². The van der Waals surface area contributed by atoms with Crippen LogP contribution in [0.3, 0.4) is 0 Å². The Morgan fingerprint density at radius 1 is 0.903 bits per heavy atom. The number of hydrogen-bond donors (Lipinski definition) is 1. The van der Waals surface area contributed by atoms with Gasteiger partial charge in [-0.3, -0.25) is 0 Å². The van der Waals surface area contributed by atoms with Crippen LogP contribution in [-0.4, -0.2) is 12.6 Å². The molecular formula is C27H32BrNO2. The molecule has 0 amide bonds. The number of aryl methyl sites for hydroxylation is 2. The molecule has 0 spiro atoms. The molecule has 0 aliphatic carbocycles. The van der Waals surface area contributed by atoms with Crippen LogP contribution < -0.4 is 14.8 Å². The number of hydrogen-bond acceptors (Lipinski definition) is 3. The van der Waals surface area contributed by atoms with Crippen LogP contribution in [-0.2, 0) is 19.6 Å². The van der Waals surface area contributed by atoms with E-state index in [-0.39, 0.29) is 0 Å². The highest BCUT2D eigenvalue weighted by Crippen LogP contribution is 2.37. The molecule has 4 heteroatoms. The standard InChI is InChI=1S/C27H32BrNO2/c1-4-30-26-17-24(18-29-21(3)12-15-22-8-6-5-7-9-22)16-25(28)27(26)31-19-23-13-10-20(2)11-14-23/h5-11,13-14,16-17,21,29H,4,12,15,18-19H2,1-3H3/t21-/m1/s1. The number of rotatable bonds is 11. The van der Waals surface area contributed by atoms with E-state index in [9.17, 15) is 0 Å². The van der Waals surface area contributed by atoms with Crippen molar-refractivity contribution in [3.05, 3.63) is 93.5 Å². The van der Waals surface area contributed by atoms with Gasteiger partial charge in [-0.25, -0.2) is 0 Å². The van der Waals surface area contributed by atoms with E-state index in [1.165, 1.54) is 16.7 Å². The summed E-state index contributed by atoms with van der Waals surface area (Å²) in [6.45, 7) is 8.20. The summed E-state index contributed by atoms with van der Waals surface area (Å²) in [4.78, 5) is 0. The summed E-state index contributed by atoms with van der Waals surface area (Å²) in [6.07, 6.45) is 2.18. The van der Waals surface area contributed by atoms with Crippen LogP contribution in [0.4, 0.5) is 0 Å². The lowest BCUT2D eigenvalue weighted by Crippen LogP contribution is -2.26. The molecule has 0 bridgehead atoms. The van der Waals surface area contributed by atoms with Crippen molar-refractivity contribution in [1.29, 1.82) is 0 Å². The molecule has 0 heterocycles. The van der Waals surface area contributed by atoms with Crippen molar-refractivity contribution in [2.45, 2.75) is 52.8 Å². The lowest BCUT2D eigenvalue weighted by atomic mass is 10.1. The average Bonchev–Trinajstić information content (AvgIpc) is 2.78. The van der Waals surface area contributed by atoms with E-state index in [1.807, 2.05) is 6.92 Å². The largest absolute Gasteiger partial charge is 0.490 e. The molecule has 3 nitrogen and oxygen atoms in total. The van der Waals surface area contributed by atoms with Crippen LogP contribution in [0.25, 0.3) is 0 Å². The zero-order valence-electron chi connectivity index (χ0n) is 18.7. The van der Waals surface area contributed by atoms with Gasteiger partial charge in [0.1, 0.15) is 6.61 Å². The van der Waals surface area contributed by atoms with Gasteiger partial charge >= 0.3 is 0 Å². The molecule has 3 aromatic rings. The molecule has 0 unspecified atom stereocenters. The van der Waals surface area contributed by atoms with E-state index in [1.54, 1.807) is 0 Å². The Morgan fingerprint density at radius 2 is 1.65 bits per heavy atom. The third-order valence-corrected chi connectivity index (χ3v) is 5.83. The molecule has 31 heavy (non-hydrogen) atoms. The Bertz CT molecular complexity index is 941. The molecule has 3 aromatic carbocycles. The zero-order valence-corrected chi connectivity index (χ0v) is 20.2. The van der Waals surface area contributed by atoms with Gasteiger partial charge < -0.3 is 14.8 Å². The maximum absolute atomic E-state index is 6.12. The van der Waals surface area contributed by atoms with Crippen LogP contribution in [0.1, 0.15) is 42.5 Å². The number of nitrogens with one attached hydrogen (secondary N) is 1. The Hall–Kier alpha value is -2.30. The van der Waals surface area contributed by atoms with Gasteiger partial charge in [-0.2, -0.15) is 0 Å². The third kappa shape index (κ3) is 7.41. The third-order valence-electron chi connectivity index (χ3n) is 5.24. The van der Waals surface area contributed by atoms with E-state index in [0.717, 1.165) is 40.9 Å². The predicted molar refractivity (Wildman–Crippen MR) is 132 cm³/mol. The average molecular weight is 482 g/mol. The zero-order chi connectivity index (χ0) is 22.1. The molecule has 0 aliphatic rings. The fourth-order valence-electron chi connectivity index (χ4n) is 3.39. The van der Waals surface area contributed by atoms with Gasteiger partial charge in [0.15, 0.2) is 11.5 Å². The van der Waals surface area contributed by atoms with Gasteiger partial charge in [0.2, 0.25) is 0 Å². The molecular weight excluding hydrogens is 450 g/mol. The molecule has 0 aromatic heterocycles. The highest BCUT2D eigenvalue weighted by atomic mass is 79.9. The summed E-state index contributed by atoms with van der Waals surface area (Å²) in [5.41, 5.74) is 4.94. The van der Waals surface area contributed by atoms with Crippen molar-refractivity contribution < 1.29 is 9.47 Å². The number of ether oxygens (including phenoxy) is 2.